The molecule has 29 heavy (non-hydrogen) atoms. The molecule has 0 aliphatic carbocycles. The van der Waals surface area contributed by atoms with Gasteiger partial charge in [-0.25, -0.2) is 9.97 Å². The molecule has 6 nitrogen and oxygen atoms in total. The van der Waals surface area contributed by atoms with Gasteiger partial charge in [-0.05, 0) is 30.7 Å². The van der Waals surface area contributed by atoms with Gasteiger partial charge in [0.25, 0.3) is 0 Å². The van der Waals surface area contributed by atoms with Crippen LogP contribution >= 0.6 is 11.3 Å². The molecule has 0 saturated carbocycles. The number of benzene rings is 1. The number of anilines is 1. The smallest absolute Gasteiger partial charge is 0.222 e. The Balaban J connectivity index is 1.48. The zero-order chi connectivity index (χ0) is 20.2. The van der Waals surface area contributed by atoms with E-state index in [1.165, 1.54) is 5.56 Å². The Morgan fingerprint density at radius 1 is 1.17 bits per heavy atom. The summed E-state index contributed by atoms with van der Waals surface area (Å²) in [4.78, 5) is 25.6. The van der Waals surface area contributed by atoms with E-state index >= 15 is 0 Å². The van der Waals surface area contributed by atoms with E-state index in [2.05, 4.69) is 33.5 Å². The second kappa shape index (κ2) is 8.45. The van der Waals surface area contributed by atoms with Gasteiger partial charge < -0.3 is 14.6 Å². The van der Waals surface area contributed by atoms with Crippen LogP contribution in [0.2, 0.25) is 0 Å². The first-order chi connectivity index (χ1) is 14.1. The predicted molar refractivity (Wildman–Crippen MR) is 116 cm³/mol. The van der Waals surface area contributed by atoms with Crippen LogP contribution in [-0.2, 0) is 11.3 Å². The Labute approximate surface area is 173 Å². The summed E-state index contributed by atoms with van der Waals surface area (Å²) in [7, 11) is 1.96. The molecule has 1 N–H and O–H groups in total. The highest BCUT2D eigenvalue weighted by Gasteiger charge is 2.15. The maximum Gasteiger partial charge on any atom is 0.222 e. The molecule has 0 bridgehead atoms. The van der Waals surface area contributed by atoms with Gasteiger partial charge >= 0.3 is 0 Å². The molecule has 0 spiro atoms. The van der Waals surface area contributed by atoms with Crippen molar-refractivity contribution in [2.75, 3.05) is 18.5 Å². The molecule has 0 atom stereocenters. The van der Waals surface area contributed by atoms with Gasteiger partial charge in [0, 0.05) is 24.9 Å². The number of amides is 1. The van der Waals surface area contributed by atoms with Crippen molar-refractivity contribution < 1.29 is 9.21 Å². The van der Waals surface area contributed by atoms with E-state index in [0.717, 1.165) is 32.5 Å². The van der Waals surface area contributed by atoms with Crippen molar-refractivity contribution in [2.24, 2.45) is 0 Å². The maximum absolute atomic E-state index is 12.2. The number of rotatable bonds is 7. The number of nitrogens with one attached hydrogen (secondary N) is 1. The van der Waals surface area contributed by atoms with Crippen molar-refractivity contribution in [3.8, 4) is 10.4 Å². The quantitative estimate of drug-likeness (QED) is 0.492. The SMILES string of the molecule is Cc1nc(N(C)CCC(=O)NCc2ccco2)c2cc(-c3ccccc3)sc2n1. The lowest BCUT2D eigenvalue weighted by atomic mass is 10.2. The van der Waals surface area contributed by atoms with Gasteiger partial charge in [-0.1, -0.05) is 30.3 Å². The number of hydrogen-bond acceptors (Lipinski definition) is 6. The van der Waals surface area contributed by atoms with Crippen LogP contribution in [0, 0.1) is 6.92 Å². The highest BCUT2D eigenvalue weighted by molar-refractivity contribution is 7.21. The molecule has 0 aliphatic heterocycles. The van der Waals surface area contributed by atoms with Crippen LogP contribution in [-0.4, -0.2) is 29.5 Å². The van der Waals surface area contributed by atoms with E-state index in [9.17, 15) is 4.79 Å². The second-order valence-electron chi connectivity index (χ2n) is 6.82. The van der Waals surface area contributed by atoms with Crippen LogP contribution in [0.3, 0.4) is 0 Å². The Bertz CT molecular complexity index is 1110. The normalized spacial score (nSPS) is 11.0. The van der Waals surface area contributed by atoms with Crippen LogP contribution in [0.5, 0.6) is 0 Å². The summed E-state index contributed by atoms with van der Waals surface area (Å²) >= 11 is 1.66. The number of carbonyl (C=O) groups is 1. The molecule has 7 heteroatoms. The zero-order valence-electron chi connectivity index (χ0n) is 16.4. The van der Waals surface area contributed by atoms with Crippen LogP contribution in [0.4, 0.5) is 5.82 Å². The molecule has 1 aromatic carbocycles. The fraction of sp³-hybridized carbons (Fsp3) is 0.227. The average molecular weight is 407 g/mol. The summed E-state index contributed by atoms with van der Waals surface area (Å²) in [6.45, 7) is 2.86. The number of hydrogen-bond donors (Lipinski definition) is 1. The highest BCUT2D eigenvalue weighted by atomic mass is 32.1. The number of thiophene rings is 1. The van der Waals surface area contributed by atoms with Gasteiger partial charge in [0.15, 0.2) is 0 Å². The third kappa shape index (κ3) is 4.46. The summed E-state index contributed by atoms with van der Waals surface area (Å²) in [6, 6.07) is 16.1. The fourth-order valence-corrected chi connectivity index (χ4v) is 4.19. The van der Waals surface area contributed by atoms with Crippen LogP contribution < -0.4 is 10.2 Å². The molecule has 1 amide bonds. The van der Waals surface area contributed by atoms with Gasteiger partial charge in [0.2, 0.25) is 5.91 Å². The number of fused-ring (bicyclic) bond motifs is 1. The van der Waals surface area contributed by atoms with Crippen LogP contribution in [0.25, 0.3) is 20.7 Å². The third-order valence-electron chi connectivity index (χ3n) is 4.62. The van der Waals surface area contributed by atoms with E-state index in [1.807, 2.05) is 49.2 Å². The first-order valence-corrected chi connectivity index (χ1v) is 10.3. The summed E-state index contributed by atoms with van der Waals surface area (Å²) in [5, 5.41) is 3.89. The van der Waals surface area contributed by atoms with Crippen LogP contribution in [0.1, 0.15) is 18.0 Å². The Kier molecular flexibility index (Phi) is 5.57. The van der Waals surface area contributed by atoms with Crippen molar-refractivity contribution >= 4 is 33.3 Å². The summed E-state index contributed by atoms with van der Waals surface area (Å²) in [6.07, 6.45) is 1.97. The van der Waals surface area contributed by atoms with Crippen molar-refractivity contribution in [3.63, 3.8) is 0 Å². The molecule has 3 heterocycles. The molecule has 4 rings (SSSR count). The highest BCUT2D eigenvalue weighted by Crippen LogP contribution is 2.36. The lowest BCUT2D eigenvalue weighted by molar-refractivity contribution is -0.121. The number of aryl methyl sites for hydroxylation is 1. The monoisotopic (exact) mass is 406 g/mol. The molecule has 4 aromatic rings. The number of carbonyl (C=O) groups excluding carboxylic acids is 1. The lowest BCUT2D eigenvalue weighted by Gasteiger charge is -2.19. The first kappa shape index (κ1) is 19.1. The Morgan fingerprint density at radius 3 is 2.76 bits per heavy atom. The fourth-order valence-electron chi connectivity index (χ4n) is 3.11. The summed E-state index contributed by atoms with van der Waals surface area (Å²) in [5.41, 5.74) is 1.17. The molecule has 0 saturated heterocycles. The Morgan fingerprint density at radius 2 is 2.00 bits per heavy atom. The Hall–Kier alpha value is -3.19. The van der Waals surface area contributed by atoms with Gasteiger partial charge in [-0.3, -0.25) is 4.79 Å². The third-order valence-corrected chi connectivity index (χ3v) is 5.70. The number of aromatic nitrogens is 2. The minimum atomic E-state index is -0.0226. The molecular formula is C22H22N4O2S. The van der Waals surface area contributed by atoms with Crippen molar-refractivity contribution in [2.45, 2.75) is 19.9 Å². The summed E-state index contributed by atoms with van der Waals surface area (Å²) < 4.78 is 5.24. The van der Waals surface area contributed by atoms with E-state index in [-0.39, 0.29) is 5.91 Å². The number of nitrogens with zero attached hydrogens (tertiary/aromatic N) is 3. The van der Waals surface area contributed by atoms with Gasteiger partial charge in [0.05, 0.1) is 18.2 Å². The molecule has 0 unspecified atom stereocenters. The van der Waals surface area contributed by atoms with Gasteiger partial charge in [0.1, 0.15) is 22.2 Å². The molecule has 3 aromatic heterocycles. The molecule has 0 fully saturated rings. The number of furan rings is 1. The molecule has 148 valence electrons. The van der Waals surface area contributed by atoms with E-state index in [4.69, 9.17) is 4.42 Å². The van der Waals surface area contributed by atoms with E-state index in [1.54, 1.807) is 17.6 Å². The molecule has 0 radical (unpaired) electrons. The maximum atomic E-state index is 12.2. The van der Waals surface area contributed by atoms with Crippen molar-refractivity contribution in [3.05, 3.63) is 66.4 Å². The van der Waals surface area contributed by atoms with E-state index in [0.29, 0.717) is 19.5 Å². The summed E-state index contributed by atoms with van der Waals surface area (Å²) in [5.74, 6) is 2.30. The topological polar surface area (TPSA) is 71.3 Å². The molecular weight excluding hydrogens is 384 g/mol. The van der Waals surface area contributed by atoms with Crippen molar-refractivity contribution in [1.82, 2.24) is 15.3 Å². The first-order valence-electron chi connectivity index (χ1n) is 9.44. The zero-order valence-corrected chi connectivity index (χ0v) is 17.2. The standard InChI is InChI=1S/C22H22N4O2S/c1-15-24-21(26(2)11-10-20(27)23-14-17-9-6-12-28-17)18-13-19(29-22(18)25-15)16-7-4-3-5-8-16/h3-9,12-13H,10-11,14H2,1-2H3,(H,23,27). The average Bonchev–Trinajstić information content (AvgIpc) is 3.40. The molecule has 0 aliphatic rings. The largest absolute Gasteiger partial charge is 0.467 e. The van der Waals surface area contributed by atoms with Gasteiger partial charge in [-0.2, -0.15) is 0 Å². The minimum absolute atomic E-state index is 0.0226. The second-order valence-corrected chi connectivity index (χ2v) is 7.85. The van der Waals surface area contributed by atoms with Crippen LogP contribution in [0.15, 0.2) is 59.2 Å². The van der Waals surface area contributed by atoms with E-state index < -0.39 is 0 Å². The predicted octanol–water partition coefficient (Wildman–Crippen LogP) is 4.40. The lowest BCUT2D eigenvalue weighted by Crippen LogP contribution is -2.29. The minimum Gasteiger partial charge on any atom is -0.467 e. The van der Waals surface area contributed by atoms with Gasteiger partial charge in [-0.15, -0.1) is 11.3 Å². The van der Waals surface area contributed by atoms with Crippen molar-refractivity contribution in [1.29, 1.82) is 0 Å².